The van der Waals surface area contributed by atoms with Crippen LogP contribution in [0.5, 0.6) is 0 Å². The van der Waals surface area contributed by atoms with Crippen LogP contribution in [0.25, 0.3) is 0 Å². The van der Waals surface area contributed by atoms with Crippen molar-refractivity contribution in [1.29, 1.82) is 0 Å². The Kier molecular flexibility index (Phi) is 8.76. The van der Waals surface area contributed by atoms with Gasteiger partial charge in [-0.15, -0.1) is 0 Å². The van der Waals surface area contributed by atoms with Crippen LogP contribution < -0.4 is 0 Å². The van der Waals surface area contributed by atoms with Gasteiger partial charge in [0.1, 0.15) is 6.10 Å². The summed E-state index contributed by atoms with van der Waals surface area (Å²) in [7, 11) is 0. The van der Waals surface area contributed by atoms with Gasteiger partial charge >= 0.3 is 5.97 Å². The fourth-order valence-electron chi connectivity index (χ4n) is 14.1. The van der Waals surface area contributed by atoms with Crippen molar-refractivity contribution in [3.8, 4) is 0 Å². The first kappa shape index (κ1) is 34.6. The number of carbonyl (C=O) groups is 1. The Morgan fingerprint density at radius 2 is 1.57 bits per heavy atom. The minimum atomic E-state index is -0.862. The summed E-state index contributed by atoms with van der Waals surface area (Å²) in [6.45, 7) is 31.9. The third kappa shape index (κ3) is 5.19. The van der Waals surface area contributed by atoms with Gasteiger partial charge in [-0.3, -0.25) is 4.79 Å². The number of allylic oxidation sites excluding steroid dienone is 2. The summed E-state index contributed by atoms with van der Waals surface area (Å²) in [6, 6.07) is 0. The topological polar surface area (TPSA) is 49.8 Å². The Balaban J connectivity index is 1.24. The first-order chi connectivity index (χ1) is 21.4. The van der Waals surface area contributed by atoms with Gasteiger partial charge in [-0.2, -0.15) is 0 Å². The van der Waals surface area contributed by atoms with E-state index in [1.165, 1.54) is 102 Å². The number of rotatable bonds is 9. The lowest BCUT2D eigenvalue weighted by molar-refractivity contribution is -0.249. The highest BCUT2D eigenvalue weighted by Gasteiger charge is 2.71. The molecule has 1 N–H and O–H groups in total. The van der Waals surface area contributed by atoms with Crippen LogP contribution >= 0.6 is 0 Å². The molecule has 0 unspecified atom stereocenters. The van der Waals surface area contributed by atoms with Gasteiger partial charge in [0.05, 0.1) is 11.2 Å². The van der Waals surface area contributed by atoms with Crippen LogP contribution in [0.4, 0.5) is 0 Å². The van der Waals surface area contributed by atoms with Gasteiger partial charge < -0.3 is 14.7 Å². The fourth-order valence-corrected chi connectivity index (χ4v) is 14.1. The van der Waals surface area contributed by atoms with Crippen molar-refractivity contribution >= 4 is 5.97 Å². The molecule has 4 heteroatoms. The lowest BCUT2D eigenvalue weighted by Gasteiger charge is -2.73. The highest BCUT2D eigenvalue weighted by atomic mass is 16.5. The van der Waals surface area contributed by atoms with Crippen molar-refractivity contribution in [2.24, 2.45) is 62.1 Å². The standard InChI is InChI=1S/C42H69NO3/c1-28(2)30-15-20-42(23-26-43-24-11-12-25-43)22-21-40(9)31(35(30)42)13-14-33-39(8)18-17-34(46-29(3)27-37(4,5)36(44)45)38(6,7)32(39)16-19-41(33,40)10/h30-35H,1,3,11-27H2,2,4-10H3,(H,44,45)/t30-,31+,32-,33+,34-,35+,39-,40+,41+,42+/m0/s1. The number of carboxylic acids is 1. The second-order valence-electron chi connectivity index (χ2n) is 19.7. The smallest absolute Gasteiger partial charge is 0.309 e. The molecule has 1 heterocycles. The van der Waals surface area contributed by atoms with Gasteiger partial charge in [0.25, 0.3) is 0 Å². The Morgan fingerprint density at radius 1 is 0.870 bits per heavy atom. The first-order valence-corrected chi connectivity index (χ1v) is 19.4. The Bertz CT molecular complexity index is 1210. The van der Waals surface area contributed by atoms with Gasteiger partial charge in [-0.05, 0) is 175 Å². The van der Waals surface area contributed by atoms with Gasteiger partial charge in [-0.1, -0.05) is 53.3 Å². The predicted molar refractivity (Wildman–Crippen MR) is 189 cm³/mol. The molecule has 0 spiro atoms. The molecule has 6 rings (SSSR count). The Hall–Kier alpha value is -1.29. The van der Waals surface area contributed by atoms with Crippen molar-refractivity contribution in [2.75, 3.05) is 19.6 Å². The molecule has 5 saturated carbocycles. The first-order valence-electron chi connectivity index (χ1n) is 19.4. The number of nitrogens with zero attached hydrogens (tertiary/aromatic N) is 1. The number of hydrogen-bond acceptors (Lipinski definition) is 3. The van der Waals surface area contributed by atoms with Crippen molar-refractivity contribution in [3.05, 3.63) is 24.5 Å². The van der Waals surface area contributed by atoms with E-state index in [0.717, 1.165) is 24.2 Å². The van der Waals surface area contributed by atoms with E-state index < -0.39 is 11.4 Å². The summed E-state index contributed by atoms with van der Waals surface area (Å²) >= 11 is 0. The highest BCUT2D eigenvalue weighted by Crippen LogP contribution is 2.78. The average molecular weight is 636 g/mol. The third-order valence-corrected chi connectivity index (χ3v) is 16.8. The quantitative estimate of drug-likeness (QED) is 0.202. The number of fused-ring (bicyclic) bond motifs is 7. The number of aliphatic carboxylic acids is 1. The maximum absolute atomic E-state index is 11.8. The minimum Gasteiger partial charge on any atom is -0.495 e. The predicted octanol–water partition coefficient (Wildman–Crippen LogP) is 10.5. The minimum absolute atomic E-state index is 0.0240. The molecule has 10 atom stereocenters. The molecule has 4 nitrogen and oxygen atoms in total. The van der Waals surface area contributed by atoms with Gasteiger partial charge in [0.2, 0.25) is 0 Å². The molecule has 0 bridgehead atoms. The van der Waals surface area contributed by atoms with E-state index in [1.54, 1.807) is 13.8 Å². The molecule has 1 saturated heterocycles. The van der Waals surface area contributed by atoms with Gasteiger partial charge in [-0.25, -0.2) is 0 Å². The maximum Gasteiger partial charge on any atom is 0.309 e. The fraction of sp³-hybridized carbons (Fsp3) is 0.881. The van der Waals surface area contributed by atoms with Crippen molar-refractivity contribution in [1.82, 2.24) is 4.90 Å². The number of carboxylic acid groups (broad SMARTS) is 1. The molecule has 0 aromatic heterocycles. The van der Waals surface area contributed by atoms with Crippen LogP contribution in [0.15, 0.2) is 24.5 Å². The van der Waals surface area contributed by atoms with Crippen molar-refractivity contribution < 1.29 is 14.6 Å². The molecule has 46 heavy (non-hydrogen) atoms. The largest absolute Gasteiger partial charge is 0.495 e. The summed E-state index contributed by atoms with van der Waals surface area (Å²) in [4.78, 5) is 14.6. The molecule has 0 aromatic carbocycles. The molecule has 1 aliphatic heterocycles. The molecule has 6 fully saturated rings. The van der Waals surface area contributed by atoms with Crippen LogP contribution in [0.3, 0.4) is 0 Å². The molecule has 0 radical (unpaired) electrons. The normalized spacial score (nSPS) is 45.2. The van der Waals surface area contributed by atoms with Gasteiger partial charge in [0.15, 0.2) is 0 Å². The molecule has 6 aliphatic rings. The summed E-state index contributed by atoms with van der Waals surface area (Å²) in [5, 5.41) is 9.70. The van der Waals surface area contributed by atoms with Crippen LogP contribution in [0.2, 0.25) is 0 Å². The van der Waals surface area contributed by atoms with Crippen LogP contribution in [0.1, 0.15) is 145 Å². The van der Waals surface area contributed by atoms with Crippen molar-refractivity contribution in [2.45, 2.75) is 151 Å². The second kappa shape index (κ2) is 11.7. The SMILES string of the molecule is C=C(CC(C)(C)C(=O)O)O[C@H]1CC[C@]2(C)[C@H]3CC[C@@H]4[C@H]5[C@H](C(=C)C)CC[C@]5(CCN5CCCC5)CC[C@@]4(C)[C@]3(C)CC[C@H]2C1(C)C. The van der Waals surface area contributed by atoms with E-state index in [0.29, 0.717) is 45.7 Å². The van der Waals surface area contributed by atoms with E-state index in [1.807, 2.05) is 0 Å². The van der Waals surface area contributed by atoms with Crippen LogP contribution in [-0.2, 0) is 9.53 Å². The van der Waals surface area contributed by atoms with E-state index in [4.69, 9.17) is 4.74 Å². The maximum atomic E-state index is 11.8. The number of likely N-dealkylation sites (tertiary alicyclic amines) is 1. The van der Waals surface area contributed by atoms with Gasteiger partial charge in [0, 0.05) is 11.8 Å². The zero-order valence-electron chi connectivity index (χ0n) is 31.1. The average Bonchev–Trinajstić information content (AvgIpc) is 3.62. The number of ether oxygens (including phenoxy) is 1. The number of hydrogen-bond donors (Lipinski definition) is 1. The molecule has 0 amide bonds. The summed E-state index contributed by atoms with van der Waals surface area (Å²) < 4.78 is 6.64. The zero-order chi connectivity index (χ0) is 33.5. The third-order valence-electron chi connectivity index (χ3n) is 16.8. The lowest BCUT2D eigenvalue weighted by atomic mass is 9.32. The lowest BCUT2D eigenvalue weighted by Crippen LogP contribution is -2.66. The highest BCUT2D eigenvalue weighted by molar-refractivity contribution is 5.73. The molecule has 0 aromatic rings. The second-order valence-corrected chi connectivity index (χ2v) is 19.7. The molecule has 5 aliphatic carbocycles. The summed E-state index contributed by atoms with van der Waals surface area (Å²) in [5.74, 6) is 3.55. The van der Waals surface area contributed by atoms with Crippen LogP contribution in [0, 0.1) is 62.1 Å². The Labute approximate surface area is 282 Å². The van der Waals surface area contributed by atoms with E-state index >= 15 is 0 Å². The zero-order valence-corrected chi connectivity index (χ0v) is 31.1. The van der Waals surface area contributed by atoms with Crippen molar-refractivity contribution in [3.63, 3.8) is 0 Å². The summed E-state index contributed by atoms with van der Waals surface area (Å²) in [6.07, 6.45) is 18.0. The van der Waals surface area contributed by atoms with E-state index in [9.17, 15) is 9.90 Å². The monoisotopic (exact) mass is 636 g/mol. The van der Waals surface area contributed by atoms with E-state index in [-0.39, 0.29) is 11.5 Å². The molecular weight excluding hydrogens is 566 g/mol. The molecular formula is C42H69NO3. The van der Waals surface area contributed by atoms with Crippen LogP contribution in [-0.4, -0.2) is 41.7 Å². The Morgan fingerprint density at radius 3 is 2.22 bits per heavy atom. The summed E-state index contributed by atoms with van der Waals surface area (Å²) in [5.41, 5.74) is 2.21. The molecule has 260 valence electrons. The van der Waals surface area contributed by atoms with E-state index in [2.05, 4.69) is 59.6 Å².